The predicted octanol–water partition coefficient (Wildman–Crippen LogP) is 3.57. The molecule has 0 aliphatic heterocycles. The van der Waals surface area contributed by atoms with E-state index in [-0.39, 0.29) is 17.1 Å². The average molecular weight is 423 g/mol. The molecule has 1 aromatic carbocycles. The van der Waals surface area contributed by atoms with Gasteiger partial charge in [0.25, 0.3) is 5.56 Å². The van der Waals surface area contributed by atoms with Crippen molar-refractivity contribution in [1.82, 2.24) is 14.5 Å². The van der Waals surface area contributed by atoms with Gasteiger partial charge in [0, 0.05) is 10.6 Å². The monoisotopic (exact) mass is 422 g/mol. The van der Waals surface area contributed by atoms with E-state index in [1.807, 2.05) is 32.8 Å². The summed E-state index contributed by atoms with van der Waals surface area (Å²) in [6, 6.07) is 3.91. The van der Waals surface area contributed by atoms with Crippen LogP contribution in [0.3, 0.4) is 0 Å². The number of hydrogen-bond donors (Lipinski definition) is 1. The minimum absolute atomic E-state index is 0.0873. The van der Waals surface area contributed by atoms with Gasteiger partial charge >= 0.3 is 0 Å². The lowest BCUT2D eigenvalue weighted by molar-refractivity contribution is -0.116. The fraction of sp³-hybridized carbons (Fsp3) is 0.316. The predicted molar refractivity (Wildman–Crippen MR) is 111 cm³/mol. The first-order valence-corrected chi connectivity index (χ1v) is 9.76. The average Bonchev–Trinajstić information content (AvgIpc) is 2.88. The molecule has 1 N–H and O–H groups in total. The molecule has 9 heteroatoms. The molecular formula is C19H20ClFN4O2S. The standard InChI is InChI=1S/C19H20ClFN4O2S/c1-10-11(2)28-18-17(10)19(27)25(15(23-18)8-24(3)4)9-16(26)22-12-5-6-14(21)13(20)7-12/h5-7H,8-9H2,1-4H3,(H,22,26). The number of thiophene rings is 1. The van der Waals surface area contributed by atoms with E-state index in [1.165, 1.54) is 34.1 Å². The molecule has 1 amide bonds. The van der Waals surface area contributed by atoms with Gasteiger partial charge in [0.2, 0.25) is 5.91 Å². The van der Waals surface area contributed by atoms with E-state index >= 15 is 0 Å². The van der Waals surface area contributed by atoms with Gasteiger partial charge in [-0.3, -0.25) is 14.2 Å². The van der Waals surface area contributed by atoms with Crippen molar-refractivity contribution in [2.24, 2.45) is 0 Å². The lowest BCUT2D eigenvalue weighted by Gasteiger charge is -2.16. The Morgan fingerprint density at radius 2 is 2.07 bits per heavy atom. The Labute approximate surface area is 170 Å². The summed E-state index contributed by atoms with van der Waals surface area (Å²) < 4.78 is 14.7. The normalized spacial score (nSPS) is 11.4. The van der Waals surface area contributed by atoms with Crippen LogP contribution in [0.2, 0.25) is 5.02 Å². The lowest BCUT2D eigenvalue weighted by Crippen LogP contribution is -2.32. The second-order valence-corrected chi connectivity index (χ2v) is 8.41. The topological polar surface area (TPSA) is 67.2 Å². The van der Waals surface area contributed by atoms with Gasteiger partial charge in [0.05, 0.1) is 17.0 Å². The maximum Gasteiger partial charge on any atom is 0.263 e. The van der Waals surface area contributed by atoms with Crippen LogP contribution in [0.25, 0.3) is 10.2 Å². The number of aryl methyl sites for hydroxylation is 2. The number of amides is 1. The van der Waals surface area contributed by atoms with Gasteiger partial charge in [-0.15, -0.1) is 11.3 Å². The molecule has 0 saturated heterocycles. The van der Waals surface area contributed by atoms with Crippen LogP contribution in [0.5, 0.6) is 0 Å². The zero-order valence-corrected chi connectivity index (χ0v) is 17.5. The minimum atomic E-state index is -0.567. The number of nitrogens with one attached hydrogen (secondary N) is 1. The molecular weight excluding hydrogens is 403 g/mol. The number of benzene rings is 1. The van der Waals surface area contributed by atoms with E-state index in [0.717, 1.165) is 10.4 Å². The highest BCUT2D eigenvalue weighted by molar-refractivity contribution is 7.18. The number of fused-ring (bicyclic) bond motifs is 1. The summed E-state index contributed by atoms with van der Waals surface area (Å²) >= 11 is 7.23. The maximum atomic E-state index is 13.3. The number of hydrogen-bond acceptors (Lipinski definition) is 5. The Morgan fingerprint density at radius 3 is 2.71 bits per heavy atom. The van der Waals surface area contributed by atoms with Crippen molar-refractivity contribution in [1.29, 1.82) is 0 Å². The Bertz CT molecular complexity index is 1120. The number of aromatic nitrogens is 2. The molecule has 0 aliphatic carbocycles. The Morgan fingerprint density at radius 1 is 1.36 bits per heavy atom. The highest BCUT2D eigenvalue weighted by Crippen LogP contribution is 2.26. The molecule has 0 unspecified atom stereocenters. The number of rotatable bonds is 5. The molecule has 3 aromatic rings. The molecule has 2 aromatic heterocycles. The quantitative estimate of drug-likeness (QED) is 0.682. The minimum Gasteiger partial charge on any atom is -0.324 e. The van der Waals surface area contributed by atoms with Crippen molar-refractivity contribution >= 4 is 44.7 Å². The van der Waals surface area contributed by atoms with Crippen molar-refractivity contribution in [2.45, 2.75) is 26.9 Å². The summed E-state index contributed by atoms with van der Waals surface area (Å²) in [5, 5.41) is 3.10. The van der Waals surface area contributed by atoms with Gasteiger partial charge in [0.15, 0.2) is 0 Å². The second-order valence-electron chi connectivity index (χ2n) is 6.80. The summed E-state index contributed by atoms with van der Waals surface area (Å²) in [4.78, 5) is 33.9. The van der Waals surface area contributed by atoms with Gasteiger partial charge in [-0.25, -0.2) is 9.37 Å². The van der Waals surface area contributed by atoms with Crippen molar-refractivity contribution in [3.05, 3.63) is 55.7 Å². The molecule has 0 bridgehead atoms. The van der Waals surface area contributed by atoms with E-state index in [9.17, 15) is 14.0 Å². The SMILES string of the molecule is Cc1sc2nc(CN(C)C)n(CC(=O)Nc3ccc(F)c(Cl)c3)c(=O)c2c1C. The van der Waals surface area contributed by atoms with Gasteiger partial charge < -0.3 is 10.2 Å². The molecule has 0 saturated carbocycles. The second kappa shape index (κ2) is 7.98. The third-order valence-corrected chi connectivity index (χ3v) is 5.72. The third kappa shape index (κ3) is 4.09. The van der Waals surface area contributed by atoms with Crippen LogP contribution in [-0.4, -0.2) is 34.5 Å². The highest BCUT2D eigenvalue weighted by Gasteiger charge is 2.18. The first-order chi connectivity index (χ1) is 13.2. The summed E-state index contributed by atoms with van der Waals surface area (Å²) in [6.45, 7) is 4.04. The van der Waals surface area contributed by atoms with Crippen LogP contribution in [0.4, 0.5) is 10.1 Å². The number of anilines is 1. The number of nitrogens with zero attached hydrogens (tertiary/aromatic N) is 3. The Kier molecular flexibility index (Phi) is 5.83. The highest BCUT2D eigenvalue weighted by atomic mass is 35.5. The summed E-state index contributed by atoms with van der Waals surface area (Å²) in [5.41, 5.74) is 1.000. The van der Waals surface area contributed by atoms with Crippen molar-refractivity contribution in [3.8, 4) is 0 Å². The van der Waals surface area contributed by atoms with Crippen LogP contribution in [0.1, 0.15) is 16.3 Å². The van der Waals surface area contributed by atoms with Crippen LogP contribution in [0.15, 0.2) is 23.0 Å². The Hall–Kier alpha value is -2.29. The zero-order valence-electron chi connectivity index (χ0n) is 16.0. The smallest absolute Gasteiger partial charge is 0.263 e. The molecule has 3 rings (SSSR count). The zero-order chi connectivity index (χ0) is 20.6. The first kappa shape index (κ1) is 20.4. The Balaban J connectivity index is 1.98. The molecule has 2 heterocycles. The van der Waals surface area contributed by atoms with Crippen LogP contribution in [0, 0.1) is 19.7 Å². The largest absolute Gasteiger partial charge is 0.324 e. The fourth-order valence-electron chi connectivity index (χ4n) is 2.85. The molecule has 0 aliphatic rings. The van der Waals surface area contributed by atoms with E-state index in [0.29, 0.717) is 28.3 Å². The van der Waals surface area contributed by atoms with Crippen LogP contribution >= 0.6 is 22.9 Å². The number of carbonyl (C=O) groups is 1. The van der Waals surface area contributed by atoms with Crippen molar-refractivity contribution in [3.63, 3.8) is 0 Å². The van der Waals surface area contributed by atoms with Gasteiger partial charge in [-0.1, -0.05) is 11.6 Å². The van der Waals surface area contributed by atoms with Crippen molar-refractivity contribution < 1.29 is 9.18 Å². The molecule has 0 atom stereocenters. The van der Waals surface area contributed by atoms with Crippen molar-refractivity contribution in [2.75, 3.05) is 19.4 Å². The van der Waals surface area contributed by atoms with E-state index < -0.39 is 11.7 Å². The van der Waals surface area contributed by atoms with Gasteiger partial charge in [0.1, 0.15) is 23.0 Å². The van der Waals surface area contributed by atoms with E-state index in [4.69, 9.17) is 11.6 Å². The summed E-state index contributed by atoms with van der Waals surface area (Å²) in [5.74, 6) is -0.478. The first-order valence-electron chi connectivity index (χ1n) is 8.56. The molecule has 28 heavy (non-hydrogen) atoms. The molecule has 6 nitrogen and oxygen atoms in total. The fourth-order valence-corrected chi connectivity index (χ4v) is 4.07. The summed E-state index contributed by atoms with van der Waals surface area (Å²) in [6.07, 6.45) is 0. The summed E-state index contributed by atoms with van der Waals surface area (Å²) in [7, 11) is 3.73. The van der Waals surface area contributed by atoms with E-state index in [2.05, 4.69) is 10.3 Å². The van der Waals surface area contributed by atoms with Gasteiger partial charge in [-0.05, 0) is 51.7 Å². The van der Waals surface area contributed by atoms with Crippen LogP contribution in [-0.2, 0) is 17.9 Å². The van der Waals surface area contributed by atoms with E-state index in [1.54, 1.807) is 0 Å². The third-order valence-electron chi connectivity index (χ3n) is 4.33. The molecule has 0 radical (unpaired) electrons. The number of carbonyl (C=O) groups excluding carboxylic acids is 1. The van der Waals surface area contributed by atoms with Gasteiger partial charge in [-0.2, -0.15) is 0 Å². The molecule has 0 spiro atoms. The lowest BCUT2D eigenvalue weighted by atomic mass is 10.2. The van der Waals surface area contributed by atoms with Crippen LogP contribution < -0.4 is 10.9 Å². The number of halogens is 2. The molecule has 0 fully saturated rings. The molecule has 148 valence electrons. The maximum absolute atomic E-state index is 13.3.